The number of hydrogen-bond acceptors (Lipinski definition) is 3. The van der Waals surface area contributed by atoms with Gasteiger partial charge in [-0.05, 0) is 59.0 Å². The van der Waals surface area contributed by atoms with E-state index in [9.17, 15) is 8.42 Å². The maximum absolute atomic E-state index is 12.3. The number of halogens is 1. The largest absolute Gasteiger partial charge is 0.387 e. The Morgan fingerprint density at radius 2 is 1.63 bits per heavy atom. The minimum Gasteiger partial charge on any atom is -0.387 e. The van der Waals surface area contributed by atoms with Crippen LogP contribution in [-0.2, 0) is 10.0 Å². The lowest BCUT2D eigenvalue weighted by atomic mass is 10.3. The molecule has 2 rings (SSSR count). The van der Waals surface area contributed by atoms with Gasteiger partial charge < -0.3 is 5.32 Å². The number of para-hydroxylation sites is 1. The van der Waals surface area contributed by atoms with Crippen molar-refractivity contribution in [2.24, 2.45) is 0 Å². The molecule has 0 aliphatic rings. The Bertz CT molecular complexity index is 669. The van der Waals surface area contributed by atoms with Crippen LogP contribution in [0.5, 0.6) is 0 Å². The van der Waals surface area contributed by atoms with Crippen LogP contribution in [0.4, 0.5) is 11.4 Å². The maximum atomic E-state index is 12.3. The molecule has 4 nitrogen and oxygen atoms in total. The van der Waals surface area contributed by atoms with Crippen molar-refractivity contribution in [1.29, 1.82) is 0 Å². The molecule has 19 heavy (non-hydrogen) atoms. The van der Waals surface area contributed by atoms with Crippen LogP contribution in [0, 0.1) is 3.57 Å². The SMILES string of the molecule is CNc1ccccc1S(=O)(=O)Nc1ccc(I)cc1. The Hall–Kier alpha value is -1.28. The van der Waals surface area contributed by atoms with Gasteiger partial charge in [-0.15, -0.1) is 0 Å². The molecule has 0 saturated carbocycles. The van der Waals surface area contributed by atoms with Crippen molar-refractivity contribution in [2.45, 2.75) is 4.90 Å². The lowest BCUT2D eigenvalue weighted by molar-refractivity contribution is 0.601. The van der Waals surface area contributed by atoms with E-state index in [1.54, 1.807) is 43.4 Å². The summed E-state index contributed by atoms with van der Waals surface area (Å²) < 4.78 is 28.2. The average molecular weight is 388 g/mol. The van der Waals surface area contributed by atoms with Gasteiger partial charge in [-0.3, -0.25) is 4.72 Å². The first-order valence-corrected chi connectivity index (χ1v) is 8.14. The maximum Gasteiger partial charge on any atom is 0.263 e. The molecule has 2 N–H and O–H groups in total. The van der Waals surface area contributed by atoms with Crippen LogP contribution in [-0.4, -0.2) is 15.5 Å². The predicted octanol–water partition coefficient (Wildman–Crippen LogP) is 3.13. The van der Waals surface area contributed by atoms with Gasteiger partial charge in [0.2, 0.25) is 0 Å². The van der Waals surface area contributed by atoms with E-state index in [1.807, 2.05) is 12.1 Å². The molecule has 0 fully saturated rings. The molecule has 0 aliphatic heterocycles. The summed E-state index contributed by atoms with van der Waals surface area (Å²) in [5.74, 6) is 0. The topological polar surface area (TPSA) is 58.2 Å². The highest BCUT2D eigenvalue weighted by molar-refractivity contribution is 14.1. The Labute approximate surface area is 126 Å². The number of anilines is 2. The summed E-state index contributed by atoms with van der Waals surface area (Å²) in [6, 6.07) is 14.0. The molecule has 0 bridgehead atoms. The lowest BCUT2D eigenvalue weighted by Crippen LogP contribution is -2.14. The van der Waals surface area contributed by atoms with Crippen LogP contribution in [0.25, 0.3) is 0 Å². The molecular weight excluding hydrogens is 375 g/mol. The first-order chi connectivity index (χ1) is 9.03. The Balaban J connectivity index is 2.35. The van der Waals surface area contributed by atoms with Gasteiger partial charge in [0.1, 0.15) is 4.90 Å². The molecule has 0 atom stereocenters. The minimum atomic E-state index is -3.58. The normalized spacial score (nSPS) is 11.1. The highest BCUT2D eigenvalue weighted by Gasteiger charge is 2.17. The van der Waals surface area contributed by atoms with Crippen LogP contribution in [0.1, 0.15) is 0 Å². The van der Waals surface area contributed by atoms with Crippen molar-refractivity contribution in [3.63, 3.8) is 0 Å². The van der Waals surface area contributed by atoms with Crippen molar-refractivity contribution in [1.82, 2.24) is 0 Å². The van der Waals surface area contributed by atoms with Gasteiger partial charge in [0, 0.05) is 16.3 Å². The molecule has 2 aromatic rings. The molecule has 0 aliphatic carbocycles. The summed E-state index contributed by atoms with van der Waals surface area (Å²) in [5.41, 5.74) is 1.12. The molecule has 0 saturated heterocycles. The molecule has 0 spiro atoms. The van der Waals surface area contributed by atoms with E-state index in [4.69, 9.17) is 0 Å². The summed E-state index contributed by atoms with van der Waals surface area (Å²) >= 11 is 2.17. The zero-order valence-corrected chi connectivity index (χ0v) is 13.2. The fourth-order valence-electron chi connectivity index (χ4n) is 1.64. The highest BCUT2D eigenvalue weighted by atomic mass is 127. The van der Waals surface area contributed by atoms with Gasteiger partial charge in [-0.2, -0.15) is 0 Å². The van der Waals surface area contributed by atoms with Gasteiger partial charge in [0.05, 0.1) is 5.69 Å². The third-order valence-corrected chi connectivity index (χ3v) is 4.70. The summed E-state index contributed by atoms with van der Waals surface area (Å²) in [6.45, 7) is 0. The van der Waals surface area contributed by atoms with Crippen LogP contribution < -0.4 is 10.0 Å². The van der Waals surface area contributed by atoms with Gasteiger partial charge in [-0.25, -0.2) is 8.42 Å². The number of sulfonamides is 1. The van der Waals surface area contributed by atoms with Crippen molar-refractivity contribution in [2.75, 3.05) is 17.1 Å². The van der Waals surface area contributed by atoms with Crippen molar-refractivity contribution in [3.05, 3.63) is 52.1 Å². The second-order valence-corrected chi connectivity index (χ2v) is 6.76. The summed E-state index contributed by atoms with van der Waals surface area (Å²) in [4.78, 5) is 0.232. The van der Waals surface area contributed by atoms with E-state index in [1.165, 1.54) is 0 Å². The van der Waals surface area contributed by atoms with Crippen molar-refractivity contribution >= 4 is 44.0 Å². The molecule has 100 valence electrons. The summed E-state index contributed by atoms with van der Waals surface area (Å²) in [5, 5.41) is 2.88. The number of benzene rings is 2. The zero-order valence-electron chi connectivity index (χ0n) is 10.2. The van der Waals surface area contributed by atoms with Gasteiger partial charge in [-0.1, -0.05) is 12.1 Å². The number of nitrogens with one attached hydrogen (secondary N) is 2. The lowest BCUT2D eigenvalue weighted by Gasteiger charge is -2.11. The highest BCUT2D eigenvalue weighted by Crippen LogP contribution is 2.23. The number of rotatable bonds is 4. The molecule has 6 heteroatoms. The molecule has 0 radical (unpaired) electrons. The Morgan fingerprint density at radius 3 is 2.26 bits per heavy atom. The second kappa shape index (κ2) is 5.79. The van der Waals surface area contributed by atoms with E-state index in [0.29, 0.717) is 11.4 Å². The standard InChI is InChI=1S/C13H13IN2O2S/c1-15-12-4-2-3-5-13(12)19(17,18)16-11-8-6-10(14)7-9-11/h2-9,15-16H,1H3. The smallest absolute Gasteiger partial charge is 0.263 e. The van der Waals surface area contributed by atoms with Crippen LogP contribution in [0.3, 0.4) is 0 Å². The van der Waals surface area contributed by atoms with Crippen LogP contribution in [0.15, 0.2) is 53.4 Å². The number of hydrogen-bond donors (Lipinski definition) is 2. The average Bonchev–Trinajstić information content (AvgIpc) is 2.41. The summed E-state index contributed by atoms with van der Waals surface area (Å²) in [6.07, 6.45) is 0. The Morgan fingerprint density at radius 1 is 1.00 bits per heavy atom. The van der Waals surface area contributed by atoms with Gasteiger partial charge in [0.15, 0.2) is 0 Å². The first-order valence-electron chi connectivity index (χ1n) is 5.58. The van der Waals surface area contributed by atoms with Crippen molar-refractivity contribution in [3.8, 4) is 0 Å². The predicted molar refractivity (Wildman–Crippen MR) is 86.0 cm³/mol. The summed E-state index contributed by atoms with van der Waals surface area (Å²) in [7, 11) is -1.89. The van der Waals surface area contributed by atoms with E-state index in [0.717, 1.165) is 3.57 Å². The first kappa shape index (κ1) is 14.1. The van der Waals surface area contributed by atoms with E-state index >= 15 is 0 Å². The zero-order chi connectivity index (χ0) is 13.9. The van der Waals surface area contributed by atoms with E-state index in [-0.39, 0.29) is 4.90 Å². The van der Waals surface area contributed by atoms with Crippen LogP contribution >= 0.6 is 22.6 Å². The quantitative estimate of drug-likeness (QED) is 0.792. The van der Waals surface area contributed by atoms with E-state index < -0.39 is 10.0 Å². The molecule has 0 unspecified atom stereocenters. The Kier molecular flexibility index (Phi) is 4.31. The molecule has 0 aromatic heterocycles. The second-order valence-electron chi connectivity index (χ2n) is 3.86. The molecule has 0 amide bonds. The third-order valence-electron chi connectivity index (χ3n) is 2.54. The third kappa shape index (κ3) is 3.38. The van der Waals surface area contributed by atoms with Crippen LogP contribution in [0.2, 0.25) is 0 Å². The van der Waals surface area contributed by atoms with Gasteiger partial charge in [0.25, 0.3) is 10.0 Å². The van der Waals surface area contributed by atoms with Gasteiger partial charge >= 0.3 is 0 Å². The fraction of sp³-hybridized carbons (Fsp3) is 0.0769. The monoisotopic (exact) mass is 388 g/mol. The van der Waals surface area contributed by atoms with E-state index in [2.05, 4.69) is 32.6 Å². The molecular formula is C13H13IN2O2S. The van der Waals surface area contributed by atoms with Crippen molar-refractivity contribution < 1.29 is 8.42 Å². The molecule has 0 heterocycles. The minimum absolute atomic E-state index is 0.232. The molecule has 2 aromatic carbocycles. The fourth-order valence-corrected chi connectivity index (χ4v) is 3.27.